The summed E-state index contributed by atoms with van der Waals surface area (Å²) in [5.74, 6) is -0.255. The van der Waals surface area contributed by atoms with Gasteiger partial charge in [0.2, 0.25) is 0 Å². The van der Waals surface area contributed by atoms with E-state index in [-0.39, 0.29) is 18.4 Å². The third-order valence-electron chi connectivity index (χ3n) is 2.28. The van der Waals surface area contributed by atoms with Crippen molar-refractivity contribution >= 4 is 5.97 Å². The Morgan fingerprint density at radius 3 is 2.53 bits per heavy atom. The Labute approximate surface area is 90.2 Å². The van der Waals surface area contributed by atoms with E-state index in [1.165, 1.54) is 12.7 Å². The first-order chi connectivity index (χ1) is 7.11. The lowest BCUT2D eigenvalue weighted by Gasteiger charge is -2.10. The summed E-state index contributed by atoms with van der Waals surface area (Å²) in [4.78, 5) is 11.0. The molecule has 3 heteroatoms. The lowest BCUT2D eigenvalue weighted by Crippen LogP contribution is -2.26. The molecule has 0 heterocycles. The summed E-state index contributed by atoms with van der Waals surface area (Å²) in [6.45, 7) is 2.04. The van der Waals surface area contributed by atoms with E-state index in [1.807, 2.05) is 31.2 Å². The van der Waals surface area contributed by atoms with Crippen molar-refractivity contribution in [2.75, 3.05) is 7.11 Å². The minimum Gasteiger partial charge on any atom is -0.469 e. The third kappa shape index (κ3) is 4.13. The van der Waals surface area contributed by atoms with Crippen molar-refractivity contribution in [3.63, 3.8) is 0 Å². The van der Waals surface area contributed by atoms with E-state index in [1.54, 1.807) is 0 Å². The van der Waals surface area contributed by atoms with Gasteiger partial charge in [-0.05, 0) is 18.9 Å². The molecule has 1 aromatic rings. The van der Waals surface area contributed by atoms with Crippen LogP contribution >= 0.6 is 0 Å². The fourth-order valence-corrected chi connectivity index (χ4v) is 1.40. The van der Waals surface area contributed by atoms with Gasteiger partial charge in [0, 0.05) is 6.04 Å². The van der Waals surface area contributed by atoms with Gasteiger partial charge >= 0.3 is 5.97 Å². The molecule has 3 nitrogen and oxygen atoms in total. The van der Waals surface area contributed by atoms with Crippen molar-refractivity contribution in [1.82, 2.24) is 0 Å². The smallest absolute Gasteiger partial charge is 0.307 e. The minimum absolute atomic E-state index is 0.167. The van der Waals surface area contributed by atoms with E-state index in [2.05, 4.69) is 4.74 Å². The van der Waals surface area contributed by atoms with Gasteiger partial charge in [-0.15, -0.1) is 0 Å². The van der Waals surface area contributed by atoms with Gasteiger partial charge in [0.1, 0.15) is 0 Å². The average Bonchev–Trinajstić information content (AvgIpc) is 2.21. The summed E-state index contributed by atoms with van der Waals surface area (Å²) in [6.07, 6.45) is 0.972. The first-order valence-corrected chi connectivity index (χ1v) is 4.99. The van der Waals surface area contributed by atoms with Crippen molar-refractivity contribution in [3.05, 3.63) is 35.4 Å². The van der Waals surface area contributed by atoms with Crippen LogP contribution in [0.3, 0.4) is 0 Å². The molecule has 0 radical (unpaired) electrons. The second-order valence-corrected chi connectivity index (χ2v) is 3.73. The molecule has 0 unspecified atom stereocenters. The molecular weight excluding hydrogens is 190 g/mol. The number of benzene rings is 1. The summed E-state index contributed by atoms with van der Waals surface area (Å²) >= 11 is 0. The number of rotatable bonds is 4. The first kappa shape index (κ1) is 11.7. The van der Waals surface area contributed by atoms with Gasteiger partial charge in [-0.2, -0.15) is 0 Å². The molecule has 0 saturated heterocycles. The number of carbonyl (C=O) groups is 1. The predicted molar refractivity (Wildman–Crippen MR) is 59.5 cm³/mol. The van der Waals surface area contributed by atoms with Gasteiger partial charge in [-0.1, -0.05) is 29.8 Å². The van der Waals surface area contributed by atoms with Crippen LogP contribution in [0.1, 0.15) is 17.5 Å². The Balaban J connectivity index is 2.47. The lowest BCUT2D eigenvalue weighted by atomic mass is 10.0. The van der Waals surface area contributed by atoms with Crippen LogP contribution < -0.4 is 5.73 Å². The largest absolute Gasteiger partial charge is 0.469 e. The summed E-state index contributed by atoms with van der Waals surface area (Å²) in [7, 11) is 1.38. The van der Waals surface area contributed by atoms with E-state index in [4.69, 9.17) is 5.73 Å². The summed E-state index contributed by atoms with van der Waals surface area (Å²) < 4.78 is 4.56. The SMILES string of the molecule is COC(=O)C[C@H](N)Cc1ccc(C)cc1. The molecule has 0 aromatic heterocycles. The van der Waals surface area contributed by atoms with Crippen molar-refractivity contribution in [2.24, 2.45) is 5.73 Å². The molecule has 2 N–H and O–H groups in total. The highest BCUT2D eigenvalue weighted by Crippen LogP contribution is 2.07. The highest BCUT2D eigenvalue weighted by atomic mass is 16.5. The molecule has 0 saturated carbocycles. The summed E-state index contributed by atoms with van der Waals surface area (Å²) in [5.41, 5.74) is 8.19. The first-order valence-electron chi connectivity index (χ1n) is 4.99. The van der Waals surface area contributed by atoms with E-state index >= 15 is 0 Å². The van der Waals surface area contributed by atoms with Gasteiger partial charge in [-0.3, -0.25) is 4.79 Å². The zero-order chi connectivity index (χ0) is 11.3. The Hall–Kier alpha value is -1.35. The standard InChI is InChI=1S/C12H17NO2/c1-9-3-5-10(6-4-9)7-11(13)8-12(14)15-2/h3-6,11H,7-8,13H2,1-2H3/t11-/m1/s1. The van der Waals surface area contributed by atoms with Crippen LogP contribution in [-0.4, -0.2) is 19.1 Å². The van der Waals surface area contributed by atoms with Crippen molar-refractivity contribution in [2.45, 2.75) is 25.8 Å². The normalized spacial score (nSPS) is 12.2. The molecule has 82 valence electrons. The molecule has 0 spiro atoms. The number of carbonyl (C=O) groups excluding carboxylic acids is 1. The Bertz CT molecular complexity index is 319. The van der Waals surface area contributed by atoms with Crippen LogP contribution in [0.5, 0.6) is 0 Å². The van der Waals surface area contributed by atoms with Gasteiger partial charge < -0.3 is 10.5 Å². The quantitative estimate of drug-likeness (QED) is 0.760. The molecule has 1 aromatic carbocycles. The Morgan fingerprint density at radius 1 is 1.40 bits per heavy atom. The molecular formula is C12H17NO2. The van der Waals surface area contributed by atoms with Gasteiger partial charge in [0.25, 0.3) is 0 Å². The summed E-state index contributed by atoms with van der Waals surface area (Å²) in [5, 5.41) is 0. The van der Waals surface area contributed by atoms with Gasteiger partial charge in [-0.25, -0.2) is 0 Å². The zero-order valence-electron chi connectivity index (χ0n) is 9.19. The minimum atomic E-state index is -0.255. The second kappa shape index (κ2) is 5.51. The van der Waals surface area contributed by atoms with Crippen LogP contribution in [0.4, 0.5) is 0 Å². The van der Waals surface area contributed by atoms with Crippen molar-refractivity contribution in [3.8, 4) is 0 Å². The summed E-state index contributed by atoms with van der Waals surface area (Å²) in [6, 6.07) is 7.99. The number of esters is 1. The molecule has 0 amide bonds. The number of aryl methyl sites for hydroxylation is 1. The average molecular weight is 207 g/mol. The molecule has 0 aliphatic rings. The fourth-order valence-electron chi connectivity index (χ4n) is 1.40. The molecule has 0 aliphatic heterocycles. The Kier molecular flexibility index (Phi) is 4.31. The Morgan fingerprint density at radius 2 is 2.00 bits per heavy atom. The third-order valence-corrected chi connectivity index (χ3v) is 2.28. The molecule has 1 atom stereocenters. The number of ether oxygens (including phenoxy) is 1. The molecule has 1 rings (SSSR count). The van der Waals surface area contributed by atoms with Crippen LogP contribution in [-0.2, 0) is 16.0 Å². The lowest BCUT2D eigenvalue weighted by molar-refractivity contribution is -0.140. The van der Waals surface area contributed by atoms with Crippen LogP contribution in [0.15, 0.2) is 24.3 Å². The van der Waals surface area contributed by atoms with Crippen molar-refractivity contribution in [1.29, 1.82) is 0 Å². The number of nitrogens with two attached hydrogens (primary N) is 1. The monoisotopic (exact) mass is 207 g/mol. The second-order valence-electron chi connectivity index (χ2n) is 3.73. The number of hydrogen-bond donors (Lipinski definition) is 1. The fraction of sp³-hybridized carbons (Fsp3) is 0.417. The van der Waals surface area contributed by atoms with Crippen molar-refractivity contribution < 1.29 is 9.53 Å². The molecule has 0 fully saturated rings. The maximum Gasteiger partial charge on any atom is 0.307 e. The maximum atomic E-state index is 11.0. The van der Waals surface area contributed by atoms with Crippen LogP contribution in [0.25, 0.3) is 0 Å². The van der Waals surface area contributed by atoms with Crippen LogP contribution in [0.2, 0.25) is 0 Å². The van der Waals surface area contributed by atoms with E-state index in [9.17, 15) is 4.79 Å². The highest BCUT2D eigenvalue weighted by Gasteiger charge is 2.09. The predicted octanol–water partition coefficient (Wildman–Crippen LogP) is 1.43. The van der Waals surface area contributed by atoms with E-state index in [0.717, 1.165) is 5.56 Å². The van der Waals surface area contributed by atoms with E-state index < -0.39 is 0 Å². The molecule has 0 aliphatic carbocycles. The van der Waals surface area contributed by atoms with Gasteiger partial charge in [0.05, 0.1) is 13.5 Å². The topological polar surface area (TPSA) is 52.3 Å². The zero-order valence-corrected chi connectivity index (χ0v) is 9.19. The maximum absolute atomic E-state index is 11.0. The van der Waals surface area contributed by atoms with Crippen LogP contribution in [0, 0.1) is 6.92 Å². The molecule has 15 heavy (non-hydrogen) atoms. The molecule has 0 bridgehead atoms. The van der Waals surface area contributed by atoms with E-state index in [0.29, 0.717) is 6.42 Å². The number of methoxy groups -OCH3 is 1. The highest BCUT2D eigenvalue weighted by molar-refractivity contribution is 5.69. The number of hydrogen-bond acceptors (Lipinski definition) is 3. The van der Waals surface area contributed by atoms with Gasteiger partial charge in [0.15, 0.2) is 0 Å².